The second kappa shape index (κ2) is 5.52. The molecule has 0 aromatic heterocycles. The average molecular weight is 289 g/mol. The molecule has 1 amide bonds. The Labute approximate surface area is 116 Å². The minimum atomic E-state index is -0.761. The Morgan fingerprint density at radius 3 is 2.47 bits per heavy atom. The molecule has 0 aliphatic carbocycles. The number of rotatable bonds is 3. The van der Waals surface area contributed by atoms with Gasteiger partial charge in [0.05, 0.1) is 23.6 Å². The highest BCUT2D eigenvalue weighted by Crippen LogP contribution is 2.33. The van der Waals surface area contributed by atoms with E-state index < -0.39 is 5.82 Å². The van der Waals surface area contributed by atoms with Crippen molar-refractivity contribution in [1.82, 2.24) is 5.32 Å². The summed E-state index contributed by atoms with van der Waals surface area (Å²) in [6.07, 6.45) is 0. The predicted octanol–water partition coefficient (Wildman–Crippen LogP) is 1.97. The first-order valence-corrected chi connectivity index (χ1v) is 6.07. The number of anilines is 3. The summed E-state index contributed by atoms with van der Waals surface area (Å²) >= 11 is 5.68. The highest BCUT2D eigenvalue weighted by atomic mass is 35.5. The maximum atomic E-state index is 13.8. The minimum absolute atomic E-state index is 0.0248. The van der Waals surface area contributed by atoms with E-state index in [0.29, 0.717) is 0 Å². The summed E-state index contributed by atoms with van der Waals surface area (Å²) < 4.78 is 13.8. The summed E-state index contributed by atoms with van der Waals surface area (Å²) in [6.45, 7) is 5.43. The van der Waals surface area contributed by atoms with E-state index >= 15 is 0 Å². The molecule has 19 heavy (non-hydrogen) atoms. The summed E-state index contributed by atoms with van der Waals surface area (Å²) in [5.41, 5.74) is 10.9. The molecule has 5 nitrogen and oxygen atoms in total. The number of nitrogens with one attached hydrogen (secondary N) is 2. The number of amides is 1. The van der Waals surface area contributed by atoms with Crippen molar-refractivity contribution in [3.63, 3.8) is 0 Å². The van der Waals surface area contributed by atoms with Crippen LogP contribution in [0.4, 0.5) is 21.5 Å². The van der Waals surface area contributed by atoms with E-state index in [0.717, 1.165) is 0 Å². The Morgan fingerprint density at radius 2 is 1.95 bits per heavy atom. The quantitative estimate of drug-likeness (QED) is 0.640. The van der Waals surface area contributed by atoms with E-state index in [4.69, 9.17) is 23.1 Å². The van der Waals surface area contributed by atoms with E-state index in [1.807, 2.05) is 20.8 Å². The van der Waals surface area contributed by atoms with Crippen LogP contribution < -0.4 is 22.1 Å². The van der Waals surface area contributed by atoms with E-state index in [-0.39, 0.29) is 40.1 Å². The largest absolute Gasteiger partial charge is 0.397 e. The monoisotopic (exact) mass is 288 g/mol. The molecule has 0 atom stereocenters. The number of carbonyl (C=O) groups excluding carboxylic acids is 1. The lowest BCUT2D eigenvalue weighted by molar-refractivity contribution is -0.120. The molecule has 7 heteroatoms. The lowest BCUT2D eigenvalue weighted by Gasteiger charge is -2.21. The van der Waals surface area contributed by atoms with Crippen LogP contribution in [0.25, 0.3) is 0 Å². The van der Waals surface area contributed by atoms with E-state index in [1.54, 1.807) is 0 Å². The first-order valence-electron chi connectivity index (χ1n) is 5.69. The van der Waals surface area contributed by atoms with Crippen LogP contribution in [0.15, 0.2) is 6.07 Å². The molecule has 0 aliphatic rings. The molecule has 1 rings (SSSR count). The van der Waals surface area contributed by atoms with Crippen LogP contribution in [0.2, 0.25) is 5.02 Å². The Hall–Kier alpha value is -1.69. The maximum Gasteiger partial charge on any atom is 0.239 e. The van der Waals surface area contributed by atoms with Crippen LogP contribution in [0.3, 0.4) is 0 Å². The van der Waals surface area contributed by atoms with Crippen molar-refractivity contribution in [3.05, 3.63) is 16.9 Å². The van der Waals surface area contributed by atoms with Gasteiger partial charge in [0.1, 0.15) is 5.02 Å². The maximum absolute atomic E-state index is 13.8. The number of nitrogens with two attached hydrogens (primary N) is 2. The van der Waals surface area contributed by atoms with Gasteiger partial charge in [-0.25, -0.2) is 4.39 Å². The van der Waals surface area contributed by atoms with Crippen molar-refractivity contribution in [2.75, 3.05) is 23.3 Å². The predicted molar refractivity (Wildman–Crippen MR) is 76.6 cm³/mol. The van der Waals surface area contributed by atoms with Crippen LogP contribution in [0.1, 0.15) is 20.8 Å². The third kappa shape index (κ3) is 4.17. The highest BCUT2D eigenvalue weighted by Gasteiger charge is 2.17. The average Bonchev–Trinajstić information content (AvgIpc) is 2.23. The molecule has 0 fully saturated rings. The van der Waals surface area contributed by atoms with Crippen molar-refractivity contribution in [2.45, 2.75) is 26.3 Å². The molecule has 0 radical (unpaired) electrons. The van der Waals surface area contributed by atoms with Crippen LogP contribution in [-0.4, -0.2) is 18.0 Å². The standard InChI is InChI=1S/C12H18ClFN4O/c1-12(2,3)18-8(19)5-17-11-7(16)4-6(15)9(13)10(11)14/h4,17H,5,15-16H2,1-3H3,(H,18,19). The van der Waals surface area contributed by atoms with Gasteiger partial charge >= 0.3 is 0 Å². The molecule has 0 spiro atoms. The molecular formula is C12H18ClFN4O. The first kappa shape index (κ1) is 15.4. The molecule has 1 aromatic carbocycles. The molecular weight excluding hydrogens is 271 g/mol. The van der Waals surface area contributed by atoms with Crippen molar-refractivity contribution in [3.8, 4) is 0 Å². The Kier molecular flexibility index (Phi) is 4.47. The van der Waals surface area contributed by atoms with Crippen molar-refractivity contribution in [1.29, 1.82) is 0 Å². The zero-order valence-corrected chi connectivity index (χ0v) is 11.9. The second-order valence-corrected chi connectivity index (χ2v) is 5.59. The topological polar surface area (TPSA) is 93.2 Å². The first-order chi connectivity index (χ1) is 8.61. The lowest BCUT2D eigenvalue weighted by Crippen LogP contribution is -2.43. The summed E-state index contributed by atoms with van der Waals surface area (Å²) in [4.78, 5) is 11.6. The number of hydrogen-bond acceptors (Lipinski definition) is 4. The number of benzene rings is 1. The van der Waals surface area contributed by atoms with Crippen LogP contribution in [-0.2, 0) is 4.79 Å². The van der Waals surface area contributed by atoms with Crippen LogP contribution in [0.5, 0.6) is 0 Å². The minimum Gasteiger partial charge on any atom is -0.397 e. The van der Waals surface area contributed by atoms with Crippen LogP contribution >= 0.6 is 11.6 Å². The van der Waals surface area contributed by atoms with Gasteiger partial charge < -0.3 is 22.1 Å². The Balaban J connectivity index is 2.79. The lowest BCUT2D eigenvalue weighted by atomic mass is 10.1. The van der Waals surface area contributed by atoms with Gasteiger partial charge in [0.15, 0.2) is 5.82 Å². The van der Waals surface area contributed by atoms with E-state index in [9.17, 15) is 9.18 Å². The normalized spacial score (nSPS) is 11.2. The van der Waals surface area contributed by atoms with Gasteiger partial charge in [0, 0.05) is 5.54 Å². The summed E-state index contributed by atoms with van der Waals surface area (Å²) in [5.74, 6) is -1.04. The summed E-state index contributed by atoms with van der Waals surface area (Å²) in [5, 5.41) is 5.14. The zero-order valence-electron chi connectivity index (χ0n) is 11.1. The zero-order chi connectivity index (χ0) is 14.8. The fourth-order valence-electron chi connectivity index (χ4n) is 1.48. The molecule has 0 bridgehead atoms. The number of halogens is 2. The van der Waals surface area contributed by atoms with Crippen molar-refractivity contribution < 1.29 is 9.18 Å². The van der Waals surface area contributed by atoms with Gasteiger partial charge in [0.25, 0.3) is 0 Å². The van der Waals surface area contributed by atoms with Gasteiger partial charge in [0.2, 0.25) is 5.91 Å². The SMILES string of the molecule is CC(C)(C)NC(=O)CNc1c(N)cc(N)c(Cl)c1F. The van der Waals surface area contributed by atoms with Crippen LogP contribution in [0, 0.1) is 5.82 Å². The van der Waals surface area contributed by atoms with E-state index in [2.05, 4.69) is 10.6 Å². The molecule has 6 N–H and O–H groups in total. The number of nitrogen functional groups attached to an aromatic ring is 2. The molecule has 0 saturated heterocycles. The van der Waals surface area contributed by atoms with Gasteiger partial charge in [-0.15, -0.1) is 0 Å². The molecule has 1 aromatic rings. The molecule has 0 aliphatic heterocycles. The summed E-state index contributed by atoms with van der Waals surface area (Å²) in [6, 6.07) is 1.34. The third-order valence-corrected chi connectivity index (χ3v) is 2.59. The fourth-order valence-corrected chi connectivity index (χ4v) is 1.63. The third-order valence-electron chi connectivity index (χ3n) is 2.21. The second-order valence-electron chi connectivity index (χ2n) is 5.21. The molecule has 0 saturated carbocycles. The fraction of sp³-hybridized carbons (Fsp3) is 0.417. The number of hydrogen-bond donors (Lipinski definition) is 4. The number of carbonyl (C=O) groups is 1. The highest BCUT2D eigenvalue weighted by molar-refractivity contribution is 6.33. The van der Waals surface area contributed by atoms with E-state index in [1.165, 1.54) is 6.07 Å². The molecule has 0 heterocycles. The summed E-state index contributed by atoms with van der Waals surface area (Å²) in [7, 11) is 0. The van der Waals surface area contributed by atoms with Gasteiger partial charge in [-0.2, -0.15) is 0 Å². The van der Waals surface area contributed by atoms with Crippen molar-refractivity contribution in [2.24, 2.45) is 0 Å². The Morgan fingerprint density at radius 1 is 1.37 bits per heavy atom. The van der Waals surface area contributed by atoms with Gasteiger partial charge in [-0.3, -0.25) is 4.79 Å². The Bertz CT molecular complexity index is 499. The smallest absolute Gasteiger partial charge is 0.239 e. The molecule has 0 unspecified atom stereocenters. The van der Waals surface area contributed by atoms with Gasteiger partial charge in [-0.05, 0) is 26.8 Å². The van der Waals surface area contributed by atoms with Gasteiger partial charge in [-0.1, -0.05) is 11.6 Å². The van der Waals surface area contributed by atoms with Crippen molar-refractivity contribution >= 4 is 34.6 Å². The molecule has 106 valence electrons.